The van der Waals surface area contributed by atoms with Gasteiger partial charge >= 0.3 is 0 Å². The Labute approximate surface area is 149 Å². The Kier molecular flexibility index (Phi) is 4.30. The lowest BCUT2D eigenvalue weighted by Crippen LogP contribution is -2.34. The molecule has 2 saturated heterocycles. The predicted octanol–water partition coefficient (Wildman–Crippen LogP) is 3.04. The van der Waals surface area contributed by atoms with Gasteiger partial charge in [-0.05, 0) is 36.1 Å². The Morgan fingerprint density at radius 2 is 1.92 bits per heavy atom. The normalized spacial score (nSPS) is 26.0. The summed E-state index contributed by atoms with van der Waals surface area (Å²) in [5.41, 5.74) is 3.71. The number of fused-ring (bicyclic) bond motifs is 1. The van der Waals surface area contributed by atoms with Crippen LogP contribution in [0.5, 0.6) is 0 Å². The summed E-state index contributed by atoms with van der Waals surface area (Å²) in [7, 11) is 0. The number of carbonyl (C=O) groups is 1. The second-order valence-electron chi connectivity index (χ2n) is 7.41. The lowest BCUT2D eigenvalue weighted by molar-refractivity contribution is -0.130. The van der Waals surface area contributed by atoms with Crippen LogP contribution in [0.2, 0.25) is 0 Å². The van der Waals surface area contributed by atoms with Crippen molar-refractivity contribution in [2.75, 3.05) is 19.6 Å². The van der Waals surface area contributed by atoms with Crippen molar-refractivity contribution in [1.29, 1.82) is 0 Å². The predicted molar refractivity (Wildman–Crippen MR) is 97.8 cm³/mol. The molecule has 2 aliphatic heterocycles. The third-order valence-electron chi connectivity index (χ3n) is 5.76. The Morgan fingerprint density at radius 1 is 1.12 bits per heavy atom. The van der Waals surface area contributed by atoms with E-state index in [0.29, 0.717) is 11.8 Å². The third-order valence-corrected chi connectivity index (χ3v) is 5.76. The molecule has 0 radical (unpaired) electrons. The van der Waals surface area contributed by atoms with E-state index in [1.54, 1.807) is 6.92 Å². The molecule has 3 heterocycles. The maximum Gasteiger partial charge on any atom is 0.219 e. The van der Waals surface area contributed by atoms with Gasteiger partial charge in [-0.2, -0.15) is 0 Å². The van der Waals surface area contributed by atoms with Gasteiger partial charge in [0.2, 0.25) is 5.91 Å². The molecule has 3 atom stereocenters. The molecule has 4 nitrogen and oxygen atoms in total. The number of hydrogen-bond acceptors (Lipinski definition) is 3. The SMILES string of the molecule is CC(=O)N1C[C@H]2CN(Cc3ccccn3)C[C@H]2[C@@H]1c1ccccc1C. The van der Waals surface area contributed by atoms with Crippen molar-refractivity contribution >= 4 is 5.91 Å². The second kappa shape index (κ2) is 6.60. The smallest absolute Gasteiger partial charge is 0.219 e. The average molecular weight is 335 g/mol. The zero-order chi connectivity index (χ0) is 17.4. The molecule has 2 aliphatic rings. The van der Waals surface area contributed by atoms with Crippen LogP contribution in [0.3, 0.4) is 0 Å². The monoisotopic (exact) mass is 335 g/mol. The number of hydrogen-bond donors (Lipinski definition) is 0. The number of benzene rings is 1. The number of amides is 1. The molecule has 1 aromatic heterocycles. The zero-order valence-corrected chi connectivity index (χ0v) is 14.9. The molecule has 2 aromatic rings. The van der Waals surface area contributed by atoms with E-state index >= 15 is 0 Å². The molecule has 0 unspecified atom stereocenters. The number of nitrogens with zero attached hydrogens (tertiary/aromatic N) is 3. The van der Waals surface area contributed by atoms with Crippen LogP contribution in [-0.2, 0) is 11.3 Å². The molecular weight excluding hydrogens is 310 g/mol. The van der Waals surface area contributed by atoms with Crippen LogP contribution in [0.15, 0.2) is 48.7 Å². The number of carbonyl (C=O) groups excluding carboxylic acids is 1. The standard InChI is InChI=1S/C21H25N3O/c1-15-7-3-4-9-19(15)21-20-14-23(13-18-8-5-6-10-22-18)11-17(20)12-24(21)16(2)25/h3-10,17,20-21H,11-14H2,1-2H3/t17-,20-,21+/m1/s1. The number of aryl methyl sites for hydroxylation is 1. The third kappa shape index (κ3) is 3.07. The van der Waals surface area contributed by atoms with Gasteiger partial charge in [-0.3, -0.25) is 14.7 Å². The highest BCUT2D eigenvalue weighted by Gasteiger charge is 2.48. The van der Waals surface area contributed by atoms with Crippen molar-refractivity contribution < 1.29 is 4.79 Å². The summed E-state index contributed by atoms with van der Waals surface area (Å²) in [6, 6.07) is 14.8. The molecule has 0 spiro atoms. The van der Waals surface area contributed by atoms with Crippen molar-refractivity contribution in [2.24, 2.45) is 11.8 Å². The Bertz CT molecular complexity index is 761. The summed E-state index contributed by atoms with van der Waals surface area (Å²) >= 11 is 0. The zero-order valence-electron chi connectivity index (χ0n) is 14.9. The van der Waals surface area contributed by atoms with Gasteiger partial charge < -0.3 is 4.90 Å². The van der Waals surface area contributed by atoms with Crippen LogP contribution in [-0.4, -0.2) is 40.3 Å². The van der Waals surface area contributed by atoms with Crippen LogP contribution in [0.25, 0.3) is 0 Å². The molecule has 4 heteroatoms. The summed E-state index contributed by atoms with van der Waals surface area (Å²) in [6.45, 7) is 7.71. The number of pyridine rings is 1. The molecular formula is C21H25N3O. The van der Waals surface area contributed by atoms with Crippen LogP contribution in [0.1, 0.15) is 29.8 Å². The van der Waals surface area contributed by atoms with E-state index in [1.807, 2.05) is 18.3 Å². The maximum atomic E-state index is 12.2. The highest BCUT2D eigenvalue weighted by atomic mass is 16.2. The molecule has 4 rings (SSSR count). The van der Waals surface area contributed by atoms with Gasteiger partial charge in [0.25, 0.3) is 0 Å². The summed E-state index contributed by atoms with van der Waals surface area (Å²) in [5, 5.41) is 0. The summed E-state index contributed by atoms with van der Waals surface area (Å²) in [6.07, 6.45) is 1.86. The molecule has 0 N–H and O–H groups in total. The van der Waals surface area contributed by atoms with Gasteiger partial charge in [-0.15, -0.1) is 0 Å². The topological polar surface area (TPSA) is 36.4 Å². The van der Waals surface area contributed by atoms with E-state index in [1.165, 1.54) is 11.1 Å². The Balaban J connectivity index is 1.57. The largest absolute Gasteiger partial charge is 0.335 e. The van der Waals surface area contributed by atoms with E-state index in [-0.39, 0.29) is 11.9 Å². The quantitative estimate of drug-likeness (QED) is 0.865. The number of aromatic nitrogens is 1. The highest BCUT2D eigenvalue weighted by Crippen LogP contribution is 2.45. The summed E-state index contributed by atoms with van der Waals surface area (Å²) < 4.78 is 0. The summed E-state index contributed by atoms with van der Waals surface area (Å²) in [4.78, 5) is 21.3. The highest BCUT2D eigenvalue weighted by molar-refractivity contribution is 5.74. The molecule has 1 amide bonds. The molecule has 0 bridgehead atoms. The van der Waals surface area contributed by atoms with Crippen LogP contribution in [0.4, 0.5) is 0 Å². The molecule has 25 heavy (non-hydrogen) atoms. The van der Waals surface area contributed by atoms with Gasteiger partial charge in [0.15, 0.2) is 0 Å². The first-order chi connectivity index (χ1) is 12.1. The first kappa shape index (κ1) is 16.3. The number of rotatable bonds is 3. The Morgan fingerprint density at radius 3 is 2.64 bits per heavy atom. The average Bonchev–Trinajstić information content (AvgIpc) is 3.14. The van der Waals surface area contributed by atoms with E-state index in [4.69, 9.17) is 0 Å². The van der Waals surface area contributed by atoms with Gasteiger partial charge in [-0.1, -0.05) is 30.3 Å². The van der Waals surface area contributed by atoms with Gasteiger partial charge in [0.05, 0.1) is 11.7 Å². The van der Waals surface area contributed by atoms with Crippen LogP contribution >= 0.6 is 0 Å². The minimum atomic E-state index is 0.193. The van der Waals surface area contributed by atoms with E-state index in [9.17, 15) is 4.79 Å². The fraction of sp³-hybridized carbons (Fsp3) is 0.429. The second-order valence-corrected chi connectivity index (χ2v) is 7.41. The van der Waals surface area contributed by atoms with Crippen molar-refractivity contribution in [3.05, 3.63) is 65.5 Å². The maximum absolute atomic E-state index is 12.2. The first-order valence-electron chi connectivity index (χ1n) is 9.08. The molecule has 0 saturated carbocycles. The first-order valence-corrected chi connectivity index (χ1v) is 9.08. The van der Waals surface area contributed by atoms with Crippen LogP contribution < -0.4 is 0 Å². The van der Waals surface area contributed by atoms with E-state index < -0.39 is 0 Å². The fourth-order valence-corrected chi connectivity index (χ4v) is 4.63. The Hall–Kier alpha value is -2.20. The minimum Gasteiger partial charge on any atom is -0.335 e. The van der Waals surface area contributed by atoms with Crippen molar-refractivity contribution in [2.45, 2.75) is 26.4 Å². The van der Waals surface area contributed by atoms with Gasteiger partial charge in [-0.25, -0.2) is 0 Å². The molecule has 2 fully saturated rings. The minimum absolute atomic E-state index is 0.193. The van der Waals surface area contributed by atoms with E-state index in [2.05, 4.69) is 52.0 Å². The molecule has 1 aromatic carbocycles. The van der Waals surface area contributed by atoms with Crippen molar-refractivity contribution in [3.63, 3.8) is 0 Å². The van der Waals surface area contributed by atoms with Gasteiger partial charge in [0.1, 0.15) is 0 Å². The molecule has 0 aliphatic carbocycles. The van der Waals surface area contributed by atoms with Crippen molar-refractivity contribution in [3.8, 4) is 0 Å². The lowest BCUT2D eigenvalue weighted by atomic mass is 9.87. The summed E-state index contributed by atoms with van der Waals surface area (Å²) in [5.74, 6) is 1.25. The van der Waals surface area contributed by atoms with E-state index in [0.717, 1.165) is 31.9 Å². The number of likely N-dealkylation sites (tertiary alicyclic amines) is 2. The van der Waals surface area contributed by atoms with Gasteiger partial charge in [0, 0.05) is 45.2 Å². The fourth-order valence-electron chi connectivity index (χ4n) is 4.63. The molecule has 130 valence electrons. The van der Waals surface area contributed by atoms with Crippen molar-refractivity contribution in [1.82, 2.24) is 14.8 Å². The lowest BCUT2D eigenvalue weighted by Gasteiger charge is -2.30. The van der Waals surface area contributed by atoms with Crippen LogP contribution in [0, 0.1) is 18.8 Å².